The van der Waals surface area contributed by atoms with E-state index in [-0.39, 0.29) is 29.9 Å². The summed E-state index contributed by atoms with van der Waals surface area (Å²) < 4.78 is 15.1. The van der Waals surface area contributed by atoms with Gasteiger partial charge in [0.25, 0.3) is 0 Å². The molecule has 3 rings (SSSR count). The van der Waals surface area contributed by atoms with Crippen LogP contribution in [0.15, 0.2) is 0 Å². The Bertz CT molecular complexity index is 781. The molecule has 2 amide bonds. The lowest BCUT2D eigenvalue weighted by Crippen LogP contribution is -2.41. The van der Waals surface area contributed by atoms with E-state index in [2.05, 4.69) is 20.8 Å². The second kappa shape index (κ2) is 10.9. The fourth-order valence-corrected chi connectivity index (χ4v) is 4.47. The predicted octanol–water partition coefficient (Wildman–Crippen LogP) is 2.20. The molecule has 1 aromatic rings. The SMILES string of the molecule is CCN1CCCN1c1nc(Cl)nc(NNC(=O)[C@@H](CC2CCCC2)CN(O)C=O)c1F. The number of hydroxylamine groups is 2. The van der Waals surface area contributed by atoms with Crippen LogP contribution < -0.4 is 15.9 Å². The maximum atomic E-state index is 15.1. The van der Waals surface area contributed by atoms with Gasteiger partial charge >= 0.3 is 0 Å². The molecule has 10 nitrogen and oxygen atoms in total. The highest BCUT2D eigenvalue weighted by Gasteiger charge is 2.29. The first-order valence-electron chi connectivity index (χ1n) is 10.6. The van der Waals surface area contributed by atoms with E-state index in [1.54, 1.807) is 5.01 Å². The summed E-state index contributed by atoms with van der Waals surface area (Å²) in [7, 11) is 0. The van der Waals surface area contributed by atoms with Gasteiger partial charge in [0, 0.05) is 19.6 Å². The van der Waals surface area contributed by atoms with Gasteiger partial charge in [-0.25, -0.2) is 10.1 Å². The number of hydrazine groups is 2. The summed E-state index contributed by atoms with van der Waals surface area (Å²) in [5.74, 6) is -1.71. The Labute approximate surface area is 185 Å². The number of aromatic nitrogens is 2. The number of hydrogen-bond donors (Lipinski definition) is 3. The molecule has 172 valence electrons. The number of hydrogen-bond acceptors (Lipinski definition) is 8. The van der Waals surface area contributed by atoms with Crippen molar-refractivity contribution in [2.24, 2.45) is 11.8 Å². The number of carbonyl (C=O) groups excluding carboxylic acids is 2. The summed E-state index contributed by atoms with van der Waals surface area (Å²) in [6.07, 6.45) is 5.87. The maximum Gasteiger partial charge on any atom is 0.243 e. The van der Waals surface area contributed by atoms with Gasteiger partial charge in [-0.05, 0) is 30.4 Å². The van der Waals surface area contributed by atoms with Gasteiger partial charge in [-0.15, -0.1) is 0 Å². The van der Waals surface area contributed by atoms with Gasteiger partial charge < -0.3 is 0 Å². The highest BCUT2D eigenvalue weighted by molar-refractivity contribution is 6.28. The summed E-state index contributed by atoms with van der Waals surface area (Å²) in [6, 6.07) is 0. The van der Waals surface area contributed by atoms with E-state index in [4.69, 9.17) is 11.6 Å². The molecule has 1 saturated carbocycles. The van der Waals surface area contributed by atoms with Crippen LogP contribution in [0.3, 0.4) is 0 Å². The minimum absolute atomic E-state index is 0.0427. The smallest absolute Gasteiger partial charge is 0.243 e. The van der Waals surface area contributed by atoms with Crippen molar-refractivity contribution in [1.82, 2.24) is 25.5 Å². The van der Waals surface area contributed by atoms with E-state index >= 15 is 4.39 Å². The van der Waals surface area contributed by atoms with E-state index in [0.29, 0.717) is 30.5 Å². The van der Waals surface area contributed by atoms with Crippen molar-refractivity contribution in [3.05, 3.63) is 11.1 Å². The molecule has 0 radical (unpaired) electrons. The molecule has 1 saturated heterocycles. The molecule has 1 aromatic heterocycles. The molecule has 0 bridgehead atoms. The number of carbonyl (C=O) groups is 2. The first kappa shape index (κ1) is 23.4. The van der Waals surface area contributed by atoms with Crippen molar-refractivity contribution in [3.8, 4) is 0 Å². The summed E-state index contributed by atoms with van der Waals surface area (Å²) in [5.41, 5.74) is 4.95. The average molecular weight is 458 g/mol. The third kappa shape index (κ3) is 5.92. The van der Waals surface area contributed by atoms with Crippen LogP contribution in [0.2, 0.25) is 5.28 Å². The number of halogens is 2. The second-order valence-electron chi connectivity index (χ2n) is 7.93. The van der Waals surface area contributed by atoms with Gasteiger partial charge in [0.1, 0.15) is 0 Å². The van der Waals surface area contributed by atoms with Gasteiger partial charge in [0.05, 0.1) is 12.5 Å². The third-order valence-corrected chi connectivity index (χ3v) is 6.01. The van der Waals surface area contributed by atoms with Gasteiger partial charge in [0.2, 0.25) is 23.4 Å². The summed E-state index contributed by atoms with van der Waals surface area (Å²) in [6.45, 7) is 3.90. The highest BCUT2D eigenvalue weighted by atomic mass is 35.5. The minimum Gasteiger partial charge on any atom is -0.287 e. The lowest BCUT2D eigenvalue weighted by atomic mass is 9.92. The first-order valence-corrected chi connectivity index (χ1v) is 11.0. The molecule has 0 aromatic carbocycles. The van der Waals surface area contributed by atoms with Crippen LogP contribution in [0, 0.1) is 17.7 Å². The van der Waals surface area contributed by atoms with E-state index < -0.39 is 17.6 Å². The van der Waals surface area contributed by atoms with Crippen molar-refractivity contribution in [2.75, 3.05) is 36.6 Å². The molecule has 1 aliphatic carbocycles. The Kier molecular flexibility index (Phi) is 8.22. The van der Waals surface area contributed by atoms with Crippen molar-refractivity contribution in [1.29, 1.82) is 0 Å². The molecular formula is C19H29ClFN7O3. The van der Waals surface area contributed by atoms with Crippen molar-refractivity contribution < 1.29 is 19.2 Å². The van der Waals surface area contributed by atoms with Gasteiger partial charge in [0.15, 0.2) is 11.6 Å². The highest BCUT2D eigenvalue weighted by Crippen LogP contribution is 2.31. The van der Waals surface area contributed by atoms with Crippen LogP contribution in [0.4, 0.5) is 16.0 Å². The number of nitrogens with one attached hydrogen (secondary N) is 2. The standard InChI is InChI=1S/C19H29ClFN7O3/c1-2-26-8-5-9-28(26)17-15(21)16(22-19(20)23-17)24-25-18(30)14(11-27(31)12-29)10-13-6-3-4-7-13/h12-14,31H,2-11H2,1H3,(H,25,30)(H,22,23,24)/t14-/m0/s1. The van der Waals surface area contributed by atoms with Crippen LogP contribution in [-0.4, -0.2) is 63.7 Å². The maximum absolute atomic E-state index is 15.1. The normalized spacial score (nSPS) is 18.3. The molecule has 31 heavy (non-hydrogen) atoms. The Balaban J connectivity index is 1.70. The van der Waals surface area contributed by atoms with Crippen LogP contribution in [-0.2, 0) is 9.59 Å². The quantitative estimate of drug-likeness (QED) is 0.212. The molecule has 0 unspecified atom stereocenters. The van der Waals surface area contributed by atoms with Crippen molar-refractivity contribution in [3.63, 3.8) is 0 Å². The first-order chi connectivity index (χ1) is 14.9. The molecule has 2 aliphatic rings. The molecule has 12 heteroatoms. The van der Waals surface area contributed by atoms with Crippen molar-refractivity contribution in [2.45, 2.75) is 45.4 Å². The van der Waals surface area contributed by atoms with Gasteiger partial charge in [-0.3, -0.25) is 30.7 Å². The molecule has 1 atom stereocenters. The van der Waals surface area contributed by atoms with Gasteiger partial charge in [-0.2, -0.15) is 14.4 Å². The van der Waals surface area contributed by atoms with Crippen LogP contribution >= 0.6 is 11.6 Å². The predicted molar refractivity (Wildman–Crippen MR) is 113 cm³/mol. The fourth-order valence-electron chi connectivity index (χ4n) is 4.30. The monoisotopic (exact) mass is 457 g/mol. The summed E-state index contributed by atoms with van der Waals surface area (Å²) >= 11 is 6.00. The molecule has 2 fully saturated rings. The Morgan fingerprint density at radius 2 is 2.10 bits per heavy atom. The van der Waals surface area contributed by atoms with Crippen LogP contribution in [0.5, 0.6) is 0 Å². The molecule has 1 aliphatic heterocycles. The van der Waals surface area contributed by atoms with Gasteiger partial charge in [-0.1, -0.05) is 32.6 Å². The topological polar surface area (TPSA) is 114 Å². The lowest BCUT2D eigenvalue weighted by Gasteiger charge is -2.28. The minimum atomic E-state index is -0.728. The average Bonchev–Trinajstić information content (AvgIpc) is 3.44. The summed E-state index contributed by atoms with van der Waals surface area (Å²) in [5, 5.41) is 13.5. The van der Waals surface area contributed by atoms with E-state index in [1.165, 1.54) is 0 Å². The zero-order valence-electron chi connectivity index (χ0n) is 17.6. The Hall–Kier alpha value is -2.24. The molecule has 2 heterocycles. The van der Waals surface area contributed by atoms with Crippen LogP contribution in [0.1, 0.15) is 45.4 Å². The number of rotatable bonds is 10. The van der Waals surface area contributed by atoms with E-state index in [0.717, 1.165) is 38.6 Å². The largest absolute Gasteiger partial charge is 0.287 e. The molecule has 0 spiro atoms. The van der Waals surface area contributed by atoms with Crippen molar-refractivity contribution >= 4 is 35.6 Å². The number of amides is 2. The molecular weight excluding hydrogens is 429 g/mol. The van der Waals surface area contributed by atoms with E-state index in [9.17, 15) is 14.8 Å². The summed E-state index contributed by atoms with van der Waals surface area (Å²) in [4.78, 5) is 31.4. The van der Waals surface area contributed by atoms with E-state index in [1.807, 2.05) is 11.9 Å². The zero-order chi connectivity index (χ0) is 22.4. The Morgan fingerprint density at radius 3 is 2.77 bits per heavy atom. The number of anilines is 2. The second-order valence-corrected chi connectivity index (χ2v) is 8.26. The molecule has 3 N–H and O–H groups in total. The fraction of sp³-hybridized carbons (Fsp3) is 0.684. The number of nitrogens with zero attached hydrogens (tertiary/aromatic N) is 5. The zero-order valence-corrected chi connectivity index (χ0v) is 18.3. The third-order valence-electron chi connectivity index (χ3n) is 5.84. The van der Waals surface area contributed by atoms with Crippen LogP contribution in [0.25, 0.3) is 0 Å². The Morgan fingerprint density at radius 1 is 1.35 bits per heavy atom. The lowest BCUT2D eigenvalue weighted by molar-refractivity contribution is -0.154.